The van der Waals surface area contributed by atoms with Crippen molar-refractivity contribution in [1.29, 1.82) is 0 Å². The van der Waals surface area contributed by atoms with Crippen LogP contribution in [0.15, 0.2) is 12.3 Å². The molecule has 1 aliphatic carbocycles. The van der Waals surface area contributed by atoms with E-state index in [2.05, 4.69) is 15.6 Å². The van der Waals surface area contributed by atoms with Crippen LogP contribution < -0.4 is 10.6 Å². The molecule has 0 unspecified atom stereocenters. The third-order valence-corrected chi connectivity index (χ3v) is 3.70. The summed E-state index contributed by atoms with van der Waals surface area (Å²) in [6, 6.07) is 1.24. The van der Waals surface area contributed by atoms with Crippen molar-refractivity contribution in [3.63, 3.8) is 0 Å². The van der Waals surface area contributed by atoms with E-state index >= 15 is 0 Å². The maximum absolute atomic E-state index is 13.3. The zero-order chi connectivity index (χ0) is 14.4. The van der Waals surface area contributed by atoms with Crippen molar-refractivity contribution in [2.75, 3.05) is 18.4 Å². The van der Waals surface area contributed by atoms with E-state index < -0.39 is 5.82 Å². The zero-order valence-electron chi connectivity index (χ0n) is 11.9. The summed E-state index contributed by atoms with van der Waals surface area (Å²) in [4.78, 5) is 16.1. The molecule has 2 rings (SSSR count). The number of hydrogen-bond donors (Lipinski definition) is 2. The largest absolute Gasteiger partial charge is 0.369 e. The lowest BCUT2D eigenvalue weighted by Crippen LogP contribution is -2.28. The van der Waals surface area contributed by atoms with E-state index in [0.29, 0.717) is 18.9 Å². The minimum atomic E-state index is -0.490. The van der Waals surface area contributed by atoms with Crippen LogP contribution in [-0.4, -0.2) is 24.0 Å². The van der Waals surface area contributed by atoms with Crippen LogP contribution >= 0.6 is 0 Å². The Balaban J connectivity index is 1.93. The van der Waals surface area contributed by atoms with Crippen LogP contribution in [0.4, 0.5) is 10.2 Å². The van der Waals surface area contributed by atoms with Gasteiger partial charge in [-0.3, -0.25) is 4.79 Å². The second kappa shape index (κ2) is 7.22. The average Bonchev–Trinajstić information content (AvgIpc) is 2.40. The molecule has 5 heteroatoms. The summed E-state index contributed by atoms with van der Waals surface area (Å²) in [6.07, 6.45) is 6.88. The Bertz CT molecular complexity index is 460. The van der Waals surface area contributed by atoms with Crippen molar-refractivity contribution in [3.8, 4) is 0 Å². The van der Waals surface area contributed by atoms with Gasteiger partial charge >= 0.3 is 0 Å². The molecule has 2 N–H and O–H groups in total. The number of rotatable bonds is 7. The van der Waals surface area contributed by atoms with E-state index in [-0.39, 0.29) is 11.5 Å². The minimum Gasteiger partial charge on any atom is -0.369 e. The number of hydrogen-bond acceptors (Lipinski definition) is 3. The van der Waals surface area contributed by atoms with Crippen LogP contribution in [0, 0.1) is 11.7 Å². The number of halogens is 1. The number of anilines is 1. The number of nitrogens with one attached hydrogen (secondary N) is 2. The molecule has 1 aliphatic rings. The summed E-state index contributed by atoms with van der Waals surface area (Å²) in [6.45, 7) is 3.38. The first-order valence-electron chi connectivity index (χ1n) is 7.38. The molecule has 0 spiro atoms. The molecule has 0 aliphatic heterocycles. The van der Waals surface area contributed by atoms with Gasteiger partial charge in [0.05, 0.1) is 11.8 Å². The van der Waals surface area contributed by atoms with E-state index in [1.165, 1.54) is 25.3 Å². The lowest BCUT2D eigenvalue weighted by Gasteiger charge is -2.25. The summed E-state index contributed by atoms with van der Waals surface area (Å²) in [7, 11) is 0. The van der Waals surface area contributed by atoms with Gasteiger partial charge < -0.3 is 10.6 Å². The van der Waals surface area contributed by atoms with Gasteiger partial charge in [0, 0.05) is 13.1 Å². The molecular weight excluding hydrogens is 257 g/mol. The zero-order valence-corrected chi connectivity index (χ0v) is 11.9. The highest BCUT2D eigenvalue weighted by molar-refractivity contribution is 5.98. The van der Waals surface area contributed by atoms with Crippen LogP contribution in [0.1, 0.15) is 49.4 Å². The topological polar surface area (TPSA) is 54.0 Å². The van der Waals surface area contributed by atoms with Crippen molar-refractivity contribution in [3.05, 3.63) is 23.6 Å². The number of aromatic nitrogens is 1. The standard InChI is InChI=1S/C15H22FN3O/c1-2-7-17-14-13(9-12(16)10-19-14)15(20)18-8-6-11-4-3-5-11/h9-11H,2-8H2,1H3,(H,17,19)(H,18,20). The van der Waals surface area contributed by atoms with Gasteiger partial charge in [-0.2, -0.15) is 0 Å². The first-order chi connectivity index (χ1) is 9.70. The van der Waals surface area contributed by atoms with Gasteiger partial charge in [-0.15, -0.1) is 0 Å². The van der Waals surface area contributed by atoms with E-state index in [0.717, 1.165) is 25.0 Å². The van der Waals surface area contributed by atoms with Crippen molar-refractivity contribution in [1.82, 2.24) is 10.3 Å². The second-order valence-corrected chi connectivity index (χ2v) is 5.32. The van der Waals surface area contributed by atoms with Crippen LogP contribution in [0.5, 0.6) is 0 Å². The normalized spacial score (nSPS) is 14.7. The van der Waals surface area contributed by atoms with Gasteiger partial charge in [0.25, 0.3) is 5.91 Å². The third-order valence-electron chi connectivity index (χ3n) is 3.70. The Labute approximate surface area is 119 Å². The molecule has 0 saturated heterocycles. The maximum Gasteiger partial charge on any atom is 0.255 e. The molecule has 4 nitrogen and oxygen atoms in total. The molecule has 0 aromatic carbocycles. The van der Waals surface area contributed by atoms with Gasteiger partial charge in [0.15, 0.2) is 0 Å². The molecule has 0 bridgehead atoms. The molecule has 1 amide bonds. The summed E-state index contributed by atoms with van der Waals surface area (Å²) in [5, 5.41) is 5.91. The molecular formula is C15H22FN3O. The van der Waals surface area contributed by atoms with Crippen LogP contribution in [0.2, 0.25) is 0 Å². The van der Waals surface area contributed by atoms with Crippen LogP contribution in [-0.2, 0) is 0 Å². The van der Waals surface area contributed by atoms with Gasteiger partial charge in [-0.25, -0.2) is 9.37 Å². The van der Waals surface area contributed by atoms with Crippen molar-refractivity contribution in [2.45, 2.75) is 39.0 Å². The van der Waals surface area contributed by atoms with Gasteiger partial charge in [-0.05, 0) is 24.8 Å². The minimum absolute atomic E-state index is 0.255. The average molecular weight is 279 g/mol. The van der Waals surface area contributed by atoms with E-state index in [1.807, 2.05) is 6.92 Å². The summed E-state index contributed by atoms with van der Waals surface area (Å²) >= 11 is 0. The first-order valence-corrected chi connectivity index (χ1v) is 7.38. The van der Waals surface area contributed by atoms with Crippen molar-refractivity contribution >= 4 is 11.7 Å². The fraction of sp³-hybridized carbons (Fsp3) is 0.600. The number of pyridine rings is 1. The molecule has 110 valence electrons. The number of nitrogens with zero attached hydrogens (tertiary/aromatic N) is 1. The summed E-state index contributed by atoms with van der Waals surface area (Å²) in [5.74, 6) is 0.458. The molecule has 0 atom stereocenters. The Morgan fingerprint density at radius 3 is 2.90 bits per heavy atom. The molecule has 1 aromatic heterocycles. The molecule has 1 heterocycles. The predicted octanol–water partition coefficient (Wildman–Crippen LogP) is 2.96. The summed E-state index contributed by atoms with van der Waals surface area (Å²) in [5.41, 5.74) is 0.284. The fourth-order valence-electron chi connectivity index (χ4n) is 2.26. The fourth-order valence-corrected chi connectivity index (χ4v) is 2.26. The third kappa shape index (κ3) is 3.92. The van der Waals surface area contributed by atoms with Crippen molar-refractivity contribution < 1.29 is 9.18 Å². The van der Waals surface area contributed by atoms with Gasteiger partial charge in [-0.1, -0.05) is 26.2 Å². The Kier molecular flexibility index (Phi) is 5.32. The van der Waals surface area contributed by atoms with Gasteiger partial charge in [0.1, 0.15) is 11.6 Å². The summed E-state index contributed by atoms with van der Waals surface area (Å²) < 4.78 is 13.3. The maximum atomic E-state index is 13.3. The highest BCUT2D eigenvalue weighted by atomic mass is 19.1. The highest BCUT2D eigenvalue weighted by Crippen LogP contribution is 2.28. The lowest BCUT2D eigenvalue weighted by atomic mass is 9.83. The smallest absolute Gasteiger partial charge is 0.255 e. The lowest BCUT2D eigenvalue weighted by molar-refractivity contribution is 0.0949. The Morgan fingerprint density at radius 1 is 1.45 bits per heavy atom. The first kappa shape index (κ1) is 14.8. The predicted molar refractivity (Wildman–Crippen MR) is 77.3 cm³/mol. The number of carbonyl (C=O) groups is 1. The Morgan fingerprint density at radius 2 is 2.25 bits per heavy atom. The van der Waals surface area contributed by atoms with Crippen molar-refractivity contribution in [2.24, 2.45) is 5.92 Å². The molecule has 1 fully saturated rings. The number of carbonyl (C=O) groups excluding carboxylic acids is 1. The van der Waals surface area contributed by atoms with E-state index in [9.17, 15) is 9.18 Å². The molecule has 1 saturated carbocycles. The van der Waals surface area contributed by atoms with E-state index in [1.54, 1.807) is 0 Å². The van der Waals surface area contributed by atoms with Gasteiger partial charge in [0.2, 0.25) is 0 Å². The molecule has 0 radical (unpaired) electrons. The molecule has 1 aromatic rings. The highest BCUT2D eigenvalue weighted by Gasteiger charge is 2.18. The second-order valence-electron chi connectivity index (χ2n) is 5.32. The Hall–Kier alpha value is -1.65. The SMILES string of the molecule is CCCNc1ncc(F)cc1C(=O)NCCC1CCC1. The molecule has 20 heavy (non-hydrogen) atoms. The quantitative estimate of drug-likeness (QED) is 0.807. The van der Waals surface area contributed by atoms with Crippen LogP contribution in [0.3, 0.4) is 0 Å². The van der Waals surface area contributed by atoms with Crippen LogP contribution in [0.25, 0.3) is 0 Å². The monoisotopic (exact) mass is 279 g/mol. The number of amides is 1. The van der Waals surface area contributed by atoms with E-state index in [4.69, 9.17) is 0 Å².